The molecule has 21 heavy (non-hydrogen) atoms. The van der Waals surface area contributed by atoms with E-state index in [4.69, 9.17) is 0 Å². The Morgan fingerprint density at radius 1 is 1.62 bits per heavy atom. The maximum atomic E-state index is 12.3. The van der Waals surface area contributed by atoms with E-state index in [1.807, 2.05) is 24.0 Å². The van der Waals surface area contributed by atoms with Crippen LogP contribution in [0.15, 0.2) is 12.3 Å². The Morgan fingerprint density at radius 3 is 3.00 bits per heavy atom. The standard InChI is InChI=1S/C15H26N4O.ClH/c1-4-12(2)11-18(3)15(20)14-7-9-19(17-14)13-6-5-8-16-10-13;/h7,9,12-13,16H,4-6,8,10-11H2,1-3H3;1H. The van der Waals surface area contributed by atoms with Crippen molar-refractivity contribution >= 4 is 18.3 Å². The first-order chi connectivity index (χ1) is 9.61. The molecule has 0 aromatic carbocycles. The Hall–Kier alpha value is -1.07. The number of carbonyl (C=O) groups excluding carboxylic acids is 1. The van der Waals surface area contributed by atoms with Gasteiger partial charge in [-0.1, -0.05) is 20.3 Å². The van der Waals surface area contributed by atoms with Gasteiger partial charge in [-0.15, -0.1) is 12.4 Å². The molecule has 1 aliphatic heterocycles. The SMILES string of the molecule is CCC(C)CN(C)C(=O)c1ccn(C2CCCNC2)n1.Cl. The molecular formula is C15H27ClN4O. The lowest BCUT2D eigenvalue weighted by Crippen LogP contribution is -2.33. The second-order valence-electron chi connectivity index (χ2n) is 5.88. The van der Waals surface area contributed by atoms with Crippen molar-refractivity contribution in [1.29, 1.82) is 0 Å². The summed E-state index contributed by atoms with van der Waals surface area (Å²) in [4.78, 5) is 14.1. The van der Waals surface area contributed by atoms with Gasteiger partial charge in [0, 0.05) is 26.3 Å². The average molecular weight is 315 g/mol. The summed E-state index contributed by atoms with van der Waals surface area (Å²) in [5, 5.41) is 7.85. The van der Waals surface area contributed by atoms with Gasteiger partial charge in [-0.05, 0) is 31.4 Å². The first kappa shape index (κ1) is 18.0. The number of piperidine rings is 1. The van der Waals surface area contributed by atoms with E-state index in [0.717, 1.165) is 32.5 Å². The van der Waals surface area contributed by atoms with Crippen LogP contribution in [0.2, 0.25) is 0 Å². The van der Waals surface area contributed by atoms with Crippen molar-refractivity contribution in [3.63, 3.8) is 0 Å². The van der Waals surface area contributed by atoms with Gasteiger partial charge in [-0.25, -0.2) is 0 Å². The van der Waals surface area contributed by atoms with Crippen LogP contribution in [0.25, 0.3) is 0 Å². The highest BCUT2D eigenvalue weighted by atomic mass is 35.5. The Labute approximate surface area is 133 Å². The van der Waals surface area contributed by atoms with Crippen molar-refractivity contribution < 1.29 is 4.79 Å². The van der Waals surface area contributed by atoms with Gasteiger partial charge in [-0.2, -0.15) is 5.10 Å². The van der Waals surface area contributed by atoms with E-state index in [-0.39, 0.29) is 18.3 Å². The summed E-state index contributed by atoms with van der Waals surface area (Å²) in [6.45, 7) is 7.12. The van der Waals surface area contributed by atoms with Gasteiger partial charge in [0.25, 0.3) is 5.91 Å². The number of amides is 1. The normalized spacial score (nSPS) is 19.7. The minimum absolute atomic E-state index is 0. The van der Waals surface area contributed by atoms with Gasteiger partial charge >= 0.3 is 0 Å². The number of hydrogen-bond acceptors (Lipinski definition) is 3. The van der Waals surface area contributed by atoms with Gasteiger partial charge in [-0.3, -0.25) is 9.48 Å². The summed E-state index contributed by atoms with van der Waals surface area (Å²) in [6, 6.07) is 2.22. The van der Waals surface area contributed by atoms with Gasteiger partial charge < -0.3 is 10.2 Å². The van der Waals surface area contributed by atoms with E-state index in [1.54, 1.807) is 4.90 Å². The monoisotopic (exact) mass is 314 g/mol. The minimum atomic E-state index is 0. The molecule has 5 nitrogen and oxygen atoms in total. The highest BCUT2D eigenvalue weighted by Gasteiger charge is 2.20. The molecule has 0 spiro atoms. The van der Waals surface area contributed by atoms with Crippen molar-refractivity contribution in [1.82, 2.24) is 20.0 Å². The van der Waals surface area contributed by atoms with Crippen LogP contribution in [-0.4, -0.2) is 47.3 Å². The lowest BCUT2D eigenvalue weighted by Gasteiger charge is -2.23. The smallest absolute Gasteiger partial charge is 0.274 e. The summed E-state index contributed by atoms with van der Waals surface area (Å²) in [6.07, 6.45) is 5.31. The summed E-state index contributed by atoms with van der Waals surface area (Å²) >= 11 is 0. The van der Waals surface area contributed by atoms with Crippen LogP contribution in [-0.2, 0) is 0 Å². The van der Waals surface area contributed by atoms with Crippen LogP contribution in [0.5, 0.6) is 0 Å². The quantitative estimate of drug-likeness (QED) is 0.907. The zero-order chi connectivity index (χ0) is 14.5. The number of nitrogens with zero attached hydrogens (tertiary/aromatic N) is 3. The first-order valence-electron chi connectivity index (χ1n) is 7.63. The highest BCUT2D eigenvalue weighted by molar-refractivity contribution is 5.92. The van der Waals surface area contributed by atoms with Gasteiger partial charge in [0.05, 0.1) is 6.04 Å². The van der Waals surface area contributed by atoms with E-state index in [2.05, 4.69) is 24.3 Å². The number of nitrogens with one attached hydrogen (secondary N) is 1. The van der Waals surface area contributed by atoms with Crippen LogP contribution in [0.4, 0.5) is 0 Å². The van der Waals surface area contributed by atoms with E-state index in [0.29, 0.717) is 17.7 Å². The highest BCUT2D eigenvalue weighted by Crippen LogP contribution is 2.16. The van der Waals surface area contributed by atoms with E-state index in [9.17, 15) is 4.79 Å². The fourth-order valence-corrected chi connectivity index (χ4v) is 2.59. The summed E-state index contributed by atoms with van der Waals surface area (Å²) < 4.78 is 1.94. The van der Waals surface area contributed by atoms with Crippen molar-refractivity contribution in [2.75, 3.05) is 26.7 Å². The second kappa shape index (κ2) is 8.39. The Kier molecular flexibility index (Phi) is 7.18. The van der Waals surface area contributed by atoms with E-state index in [1.165, 1.54) is 6.42 Å². The zero-order valence-electron chi connectivity index (χ0n) is 13.2. The maximum absolute atomic E-state index is 12.3. The lowest BCUT2D eigenvalue weighted by molar-refractivity contribution is 0.0767. The summed E-state index contributed by atoms with van der Waals surface area (Å²) in [5.41, 5.74) is 0.557. The molecule has 6 heteroatoms. The molecule has 0 saturated carbocycles. The molecule has 2 heterocycles. The maximum Gasteiger partial charge on any atom is 0.274 e. The molecule has 1 N–H and O–H groups in total. The predicted molar refractivity (Wildman–Crippen MR) is 87.0 cm³/mol. The fourth-order valence-electron chi connectivity index (χ4n) is 2.59. The molecule has 0 bridgehead atoms. The Morgan fingerprint density at radius 2 is 2.38 bits per heavy atom. The van der Waals surface area contributed by atoms with Gasteiger partial charge in [0.1, 0.15) is 5.69 Å². The van der Waals surface area contributed by atoms with Crippen molar-refractivity contribution in [2.45, 2.75) is 39.2 Å². The lowest BCUT2D eigenvalue weighted by atomic mass is 10.1. The van der Waals surface area contributed by atoms with Gasteiger partial charge in [0.15, 0.2) is 0 Å². The summed E-state index contributed by atoms with van der Waals surface area (Å²) in [7, 11) is 1.86. The molecule has 1 aromatic rings. The number of halogens is 1. The third-order valence-electron chi connectivity index (χ3n) is 4.10. The number of rotatable bonds is 5. The zero-order valence-corrected chi connectivity index (χ0v) is 14.0. The third-order valence-corrected chi connectivity index (χ3v) is 4.10. The third kappa shape index (κ3) is 4.71. The Bertz CT molecular complexity index is 443. The number of carbonyl (C=O) groups is 1. The number of aromatic nitrogens is 2. The largest absolute Gasteiger partial charge is 0.340 e. The van der Waals surface area contributed by atoms with Crippen molar-refractivity contribution in [3.05, 3.63) is 18.0 Å². The molecule has 1 fully saturated rings. The topological polar surface area (TPSA) is 50.2 Å². The van der Waals surface area contributed by atoms with Crippen LogP contribution in [0.3, 0.4) is 0 Å². The van der Waals surface area contributed by atoms with Crippen LogP contribution in [0.1, 0.15) is 49.6 Å². The second-order valence-corrected chi connectivity index (χ2v) is 5.88. The molecule has 1 saturated heterocycles. The first-order valence-corrected chi connectivity index (χ1v) is 7.63. The van der Waals surface area contributed by atoms with Crippen molar-refractivity contribution in [3.8, 4) is 0 Å². The van der Waals surface area contributed by atoms with Crippen LogP contribution >= 0.6 is 12.4 Å². The van der Waals surface area contributed by atoms with Crippen molar-refractivity contribution in [2.24, 2.45) is 5.92 Å². The Balaban J connectivity index is 0.00000220. The molecule has 2 atom stereocenters. The van der Waals surface area contributed by atoms with Gasteiger partial charge in [0.2, 0.25) is 0 Å². The molecule has 2 rings (SSSR count). The van der Waals surface area contributed by atoms with Crippen LogP contribution in [0, 0.1) is 5.92 Å². The molecule has 1 aromatic heterocycles. The molecule has 120 valence electrons. The van der Waals surface area contributed by atoms with Crippen LogP contribution < -0.4 is 5.32 Å². The molecule has 0 radical (unpaired) electrons. The average Bonchev–Trinajstić information content (AvgIpc) is 2.97. The molecular weight excluding hydrogens is 288 g/mol. The molecule has 1 amide bonds. The fraction of sp³-hybridized carbons (Fsp3) is 0.733. The summed E-state index contributed by atoms with van der Waals surface area (Å²) in [5.74, 6) is 0.543. The van der Waals surface area contributed by atoms with E-state index >= 15 is 0 Å². The number of hydrogen-bond donors (Lipinski definition) is 1. The molecule has 2 unspecified atom stereocenters. The minimum Gasteiger partial charge on any atom is -0.340 e. The predicted octanol–water partition coefficient (Wildman–Crippen LogP) is 2.35. The molecule has 0 aliphatic carbocycles. The molecule has 1 aliphatic rings. The van der Waals surface area contributed by atoms with E-state index < -0.39 is 0 Å².